The van der Waals surface area contributed by atoms with Crippen LogP contribution in [0.3, 0.4) is 0 Å². The molecule has 2 fully saturated rings. The Morgan fingerprint density at radius 1 is 1.26 bits per heavy atom. The summed E-state index contributed by atoms with van der Waals surface area (Å²) in [6.45, 7) is 0.747. The molecule has 1 aromatic rings. The number of carbonyl (C=O) groups excluding carboxylic acids is 1. The largest absolute Gasteiger partial charge is 0.358 e. The van der Waals surface area contributed by atoms with Gasteiger partial charge in [0.25, 0.3) is 0 Å². The summed E-state index contributed by atoms with van der Waals surface area (Å²) >= 11 is 0. The van der Waals surface area contributed by atoms with Crippen molar-refractivity contribution < 1.29 is 17.6 Å². The van der Waals surface area contributed by atoms with E-state index >= 15 is 0 Å². The highest BCUT2D eigenvalue weighted by Gasteiger charge is 2.49. The number of rotatable bonds is 3. The van der Waals surface area contributed by atoms with Gasteiger partial charge in [0, 0.05) is 26.2 Å². The van der Waals surface area contributed by atoms with Crippen LogP contribution in [0.4, 0.5) is 4.39 Å². The molecule has 6 nitrogen and oxygen atoms in total. The molecule has 23 heavy (non-hydrogen) atoms. The number of benzene rings is 1. The molecule has 0 spiro atoms. The van der Waals surface area contributed by atoms with E-state index in [-0.39, 0.29) is 28.8 Å². The van der Waals surface area contributed by atoms with Crippen LogP contribution in [0.25, 0.3) is 0 Å². The molecule has 1 aromatic carbocycles. The lowest BCUT2D eigenvalue weighted by Gasteiger charge is -2.25. The molecule has 0 saturated carbocycles. The Labute approximate surface area is 135 Å². The smallest absolute Gasteiger partial charge is 0.243 e. The van der Waals surface area contributed by atoms with Crippen LogP contribution < -0.4 is 5.32 Å². The summed E-state index contributed by atoms with van der Waals surface area (Å²) in [5.41, 5.74) is 0. The Balaban J connectivity index is 1.77. The first-order valence-corrected chi connectivity index (χ1v) is 8.98. The maximum atomic E-state index is 13.0. The number of sulfonamides is 1. The average molecular weight is 341 g/mol. The Bertz CT molecular complexity index is 707. The zero-order chi connectivity index (χ0) is 16.8. The Hall–Kier alpha value is -1.51. The van der Waals surface area contributed by atoms with E-state index in [4.69, 9.17) is 0 Å². The van der Waals surface area contributed by atoms with Gasteiger partial charge in [-0.2, -0.15) is 4.31 Å². The standard InChI is InChI=1S/C15H20FN3O3S/c1-17-15(20)13-7-10-8-19(9-14(10)18(13)2)23(21,22)12-5-3-11(16)4-6-12/h3-6,10,13-14H,7-9H2,1-2H3,(H,17,20)/t10-,13-,14+/m1/s1. The summed E-state index contributed by atoms with van der Waals surface area (Å²) in [5.74, 6) is -0.359. The molecule has 3 atom stereocenters. The number of likely N-dealkylation sites (tertiary alicyclic amines) is 1. The predicted molar refractivity (Wildman–Crippen MR) is 82.7 cm³/mol. The van der Waals surface area contributed by atoms with Gasteiger partial charge in [0.1, 0.15) is 5.82 Å². The molecule has 126 valence electrons. The van der Waals surface area contributed by atoms with Crippen LogP contribution in [0, 0.1) is 11.7 Å². The van der Waals surface area contributed by atoms with Crippen molar-refractivity contribution in [2.45, 2.75) is 23.4 Å². The van der Waals surface area contributed by atoms with Gasteiger partial charge in [-0.05, 0) is 43.7 Å². The number of hydrogen-bond donors (Lipinski definition) is 1. The van der Waals surface area contributed by atoms with Crippen molar-refractivity contribution in [1.29, 1.82) is 0 Å². The first-order valence-electron chi connectivity index (χ1n) is 7.54. The average Bonchev–Trinajstić information content (AvgIpc) is 3.07. The molecule has 2 saturated heterocycles. The fourth-order valence-electron chi connectivity index (χ4n) is 3.60. The summed E-state index contributed by atoms with van der Waals surface area (Å²) in [6, 6.07) is 4.71. The van der Waals surface area contributed by atoms with Crippen molar-refractivity contribution in [3.63, 3.8) is 0 Å². The zero-order valence-corrected chi connectivity index (χ0v) is 13.9. The van der Waals surface area contributed by atoms with Crippen LogP contribution in [0.5, 0.6) is 0 Å². The maximum absolute atomic E-state index is 13.0. The first-order chi connectivity index (χ1) is 10.8. The van der Waals surface area contributed by atoms with E-state index in [1.165, 1.54) is 16.4 Å². The number of nitrogens with zero attached hydrogens (tertiary/aromatic N) is 2. The second kappa shape index (κ2) is 5.85. The van der Waals surface area contributed by atoms with Crippen molar-refractivity contribution in [3.8, 4) is 0 Å². The molecule has 3 rings (SSSR count). The fraction of sp³-hybridized carbons (Fsp3) is 0.533. The summed E-state index contributed by atoms with van der Waals surface area (Å²) in [7, 11) is -0.158. The van der Waals surface area contributed by atoms with Crippen LogP contribution in [-0.4, -0.2) is 62.8 Å². The number of hydrogen-bond acceptors (Lipinski definition) is 4. The second-order valence-electron chi connectivity index (χ2n) is 6.13. The van der Waals surface area contributed by atoms with E-state index in [9.17, 15) is 17.6 Å². The number of amides is 1. The van der Waals surface area contributed by atoms with E-state index in [2.05, 4.69) is 5.32 Å². The van der Waals surface area contributed by atoms with Crippen molar-refractivity contribution >= 4 is 15.9 Å². The second-order valence-corrected chi connectivity index (χ2v) is 8.07. The third kappa shape index (κ3) is 2.75. The lowest BCUT2D eigenvalue weighted by Crippen LogP contribution is -2.45. The van der Waals surface area contributed by atoms with Crippen LogP contribution in [-0.2, 0) is 14.8 Å². The zero-order valence-electron chi connectivity index (χ0n) is 13.1. The summed E-state index contributed by atoms with van der Waals surface area (Å²) in [4.78, 5) is 13.9. The Kier molecular flexibility index (Phi) is 4.16. The van der Waals surface area contributed by atoms with E-state index in [1.807, 2.05) is 11.9 Å². The molecule has 2 heterocycles. The molecule has 1 N–H and O–H groups in total. The molecule has 2 aliphatic heterocycles. The van der Waals surface area contributed by atoms with Gasteiger partial charge in [0.15, 0.2) is 0 Å². The molecule has 1 amide bonds. The molecule has 0 unspecified atom stereocenters. The van der Waals surface area contributed by atoms with Gasteiger partial charge in [0.2, 0.25) is 15.9 Å². The van der Waals surface area contributed by atoms with Gasteiger partial charge in [-0.25, -0.2) is 12.8 Å². The molecule has 0 aliphatic carbocycles. The molecule has 0 radical (unpaired) electrons. The van der Waals surface area contributed by atoms with Crippen LogP contribution in [0.15, 0.2) is 29.2 Å². The first kappa shape index (κ1) is 16.4. The predicted octanol–water partition coefficient (Wildman–Crippen LogP) is 0.265. The van der Waals surface area contributed by atoms with Crippen molar-refractivity contribution in [2.24, 2.45) is 5.92 Å². The van der Waals surface area contributed by atoms with E-state index in [0.29, 0.717) is 19.5 Å². The molecular formula is C15H20FN3O3S. The van der Waals surface area contributed by atoms with Crippen molar-refractivity contribution in [3.05, 3.63) is 30.1 Å². The van der Waals surface area contributed by atoms with Gasteiger partial charge in [0.05, 0.1) is 10.9 Å². The molecule has 8 heteroatoms. The van der Waals surface area contributed by atoms with Gasteiger partial charge in [-0.3, -0.25) is 9.69 Å². The van der Waals surface area contributed by atoms with Crippen LogP contribution >= 0.6 is 0 Å². The monoisotopic (exact) mass is 341 g/mol. The van der Waals surface area contributed by atoms with E-state index < -0.39 is 15.8 Å². The third-order valence-electron chi connectivity index (χ3n) is 4.91. The Morgan fingerprint density at radius 2 is 1.91 bits per heavy atom. The van der Waals surface area contributed by atoms with Gasteiger partial charge in [-0.1, -0.05) is 0 Å². The molecular weight excluding hydrogens is 321 g/mol. The van der Waals surface area contributed by atoms with Gasteiger partial charge in [-0.15, -0.1) is 0 Å². The number of halogens is 1. The minimum Gasteiger partial charge on any atom is -0.358 e. The summed E-state index contributed by atoms with van der Waals surface area (Å²) < 4.78 is 39.7. The summed E-state index contributed by atoms with van der Waals surface area (Å²) in [5, 5.41) is 2.65. The fourth-order valence-corrected chi connectivity index (χ4v) is 5.12. The highest BCUT2D eigenvalue weighted by Crippen LogP contribution is 2.36. The lowest BCUT2D eigenvalue weighted by atomic mass is 10.0. The van der Waals surface area contributed by atoms with E-state index in [1.54, 1.807) is 7.05 Å². The highest BCUT2D eigenvalue weighted by molar-refractivity contribution is 7.89. The van der Waals surface area contributed by atoms with E-state index in [0.717, 1.165) is 12.1 Å². The van der Waals surface area contributed by atoms with Gasteiger partial charge >= 0.3 is 0 Å². The normalized spacial score (nSPS) is 28.7. The Morgan fingerprint density at radius 3 is 2.48 bits per heavy atom. The van der Waals surface area contributed by atoms with Crippen molar-refractivity contribution in [2.75, 3.05) is 27.2 Å². The maximum Gasteiger partial charge on any atom is 0.243 e. The molecule has 0 aromatic heterocycles. The highest BCUT2D eigenvalue weighted by atomic mass is 32.2. The lowest BCUT2D eigenvalue weighted by molar-refractivity contribution is -0.125. The molecule has 0 bridgehead atoms. The third-order valence-corrected chi connectivity index (χ3v) is 6.76. The van der Waals surface area contributed by atoms with Crippen LogP contribution in [0.2, 0.25) is 0 Å². The van der Waals surface area contributed by atoms with Crippen LogP contribution in [0.1, 0.15) is 6.42 Å². The number of fused-ring (bicyclic) bond motifs is 1. The number of carbonyl (C=O) groups is 1. The molecule has 2 aliphatic rings. The minimum absolute atomic E-state index is 0.0326. The van der Waals surface area contributed by atoms with Gasteiger partial charge < -0.3 is 5.32 Å². The number of nitrogens with one attached hydrogen (secondary N) is 1. The summed E-state index contributed by atoms with van der Waals surface area (Å²) in [6.07, 6.45) is 0.649. The van der Waals surface area contributed by atoms with Crippen molar-refractivity contribution in [1.82, 2.24) is 14.5 Å². The SMILES string of the molecule is CNC(=O)[C@H]1C[C@@H]2CN(S(=O)(=O)c3ccc(F)cc3)C[C@@H]2N1C. The minimum atomic E-state index is -3.62. The quantitative estimate of drug-likeness (QED) is 0.857. The number of likely N-dealkylation sites (N-methyl/N-ethyl adjacent to an activating group) is 2. The topological polar surface area (TPSA) is 69.7 Å².